The Morgan fingerprint density at radius 1 is 1.33 bits per heavy atom. The molecule has 0 saturated carbocycles. The van der Waals surface area contributed by atoms with Crippen molar-refractivity contribution in [3.8, 4) is 0 Å². The number of carbonyl (C=O) groups excluding carboxylic acids is 2. The predicted molar refractivity (Wildman–Crippen MR) is 88.5 cm³/mol. The predicted octanol–water partition coefficient (Wildman–Crippen LogP) is 1.94. The molecular formula is C18H25FN2O3. The second-order valence-electron chi connectivity index (χ2n) is 6.29. The third-order valence-corrected chi connectivity index (χ3v) is 4.15. The fourth-order valence-corrected chi connectivity index (χ4v) is 2.88. The number of hydrogen-bond donors (Lipinski definition) is 1. The minimum absolute atomic E-state index is 0.0304. The first-order valence-corrected chi connectivity index (χ1v) is 8.47. The molecule has 1 unspecified atom stereocenters. The van der Waals surface area contributed by atoms with Crippen molar-refractivity contribution in [2.45, 2.75) is 45.3 Å². The lowest BCUT2D eigenvalue weighted by atomic mass is 10.2. The van der Waals surface area contributed by atoms with Crippen molar-refractivity contribution < 1.29 is 19.1 Å². The summed E-state index contributed by atoms with van der Waals surface area (Å²) in [5, 5.41) is 10.1. The Balaban J connectivity index is 1.99. The van der Waals surface area contributed by atoms with Crippen LogP contribution in [0.3, 0.4) is 0 Å². The van der Waals surface area contributed by atoms with Crippen LogP contribution in [0.1, 0.15) is 38.2 Å². The fraction of sp³-hybridized carbons (Fsp3) is 0.556. The Morgan fingerprint density at radius 2 is 2.12 bits per heavy atom. The van der Waals surface area contributed by atoms with Crippen LogP contribution in [-0.2, 0) is 16.1 Å². The third kappa shape index (κ3) is 5.30. The number of aliphatic hydroxyl groups is 1. The largest absolute Gasteiger partial charge is 0.389 e. The van der Waals surface area contributed by atoms with Crippen molar-refractivity contribution in [2.75, 3.05) is 19.6 Å². The van der Waals surface area contributed by atoms with E-state index < -0.39 is 6.10 Å². The number of β-amino-alcohol motifs (C(OH)–C–C–N with tert-alkyl or cyclic N) is 1. The summed E-state index contributed by atoms with van der Waals surface area (Å²) in [6.45, 7) is 2.57. The zero-order valence-corrected chi connectivity index (χ0v) is 14.1. The topological polar surface area (TPSA) is 60.9 Å². The van der Waals surface area contributed by atoms with Gasteiger partial charge in [0, 0.05) is 26.1 Å². The molecule has 1 aliphatic rings. The molecule has 5 nitrogen and oxygen atoms in total. The maximum absolute atomic E-state index is 13.3. The molecule has 2 rings (SSSR count). The summed E-state index contributed by atoms with van der Waals surface area (Å²) in [7, 11) is 0. The number of amides is 2. The van der Waals surface area contributed by atoms with Gasteiger partial charge in [-0.15, -0.1) is 0 Å². The summed E-state index contributed by atoms with van der Waals surface area (Å²) in [4.78, 5) is 27.6. The van der Waals surface area contributed by atoms with Gasteiger partial charge < -0.3 is 14.9 Å². The van der Waals surface area contributed by atoms with E-state index in [1.807, 2.05) is 0 Å². The number of rotatable bonds is 6. The average molecular weight is 336 g/mol. The number of benzene rings is 1. The number of aliphatic hydroxyl groups excluding tert-OH is 1. The van der Waals surface area contributed by atoms with E-state index in [9.17, 15) is 19.1 Å². The van der Waals surface area contributed by atoms with Crippen molar-refractivity contribution in [1.29, 1.82) is 0 Å². The van der Waals surface area contributed by atoms with Gasteiger partial charge in [0.2, 0.25) is 11.8 Å². The van der Waals surface area contributed by atoms with E-state index in [1.165, 1.54) is 21.9 Å². The highest BCUT2D eigenvalue weighted by Crippen LogP contribution is 2.13. The van der Waals surface area contributed by atoms with Gasteiger partial charge in [-0.2, -0.15) is 0 Å². The van der Waals surface area contributed by atoms with E-state index in [0.717, 1.165) is 19.3 Å². The Bertz CT molecular complexity index is 579. The van der Waals surface area contributed by atoms with Crippen molar-refractivity contribution in [2.24, 2.45) is 0 Å². The lowest BCUT2D eigenvalue weighted by Crippen LogP contribution is -2.39. The minimum atomic E-state index is -0.792. The highest BCUT2D eigenvalue weighted by molar-refractivity contribution is 5.85. The standard InChI is InChI=1S/C18H25FN2O3/c1-2-3-4-8-17(23)21-12-16(22)11-20(18(24)13-21)10-14-6-5-7-15(19)9-14/h5-7,9,16,22H,2-4,8,10-13H2,1H3. The van der Waals surface area contributed by atoms with Crippen LogP contribution in [0, 0.1) is 5.82 Å². The lowest BCUT2D eigenvalue weighted by molar-refractivity contribution is -0.139. The molecule has 1 aliphatic heterocycles. The first-order chi connectivity index (χ1) is 11.5. The van der Waals surface area contributed by atoms with Gasteiger partial charge in [0.05, 0.1) is 12.6 Å². The number of halogens is 1. The van der Waals surface area contributed by atoms with Gasteiger partial charge >= 0.3 is 0 Å². The van der Waals surface area contributed by atoms with Crippen molar-refractivity contribution in [3.05, 3.63) is 35.6 Å². The molecule has 6 heteroatoms. The van der Waals surface area contributed by atoms with Crippen LogP contribution in [0.2, 0.25) is 0 Å². The summed E-state index contributed by atoms with van der Waals surface area (Å²) < 4.78 is 13.3. The van der Waals surface area contributed by atoms with Crippen LogP contribution in [0.4, 0.5) is 4.39 Å². The third-order valence-electron chi connectivity index (χ3n) is 4.15. The zero-order valence-electron chi connectivity index (χ0n) is 14.1. The molecule has 1 atom stereocenters. The van der Waals surface area contributed by atoms with Crippen molar-refractivity contribution in [3.63, 3.8) is 0 Å². The maximum Gasteiger partial charge on any atom is 0.242 e. The van der Waals surface area contributed by atoms with Crippen LogP contribution < -0.4 is 0 Å². The summed E-state index contributed by atoms with van der Waals surface area (Å²) in [6, 6.07) is 6.05. The molecular weight excluding hydrogens is 311 g/mol. The molecule has 0 spiro atoms. The van der Waals surface area contributed by atoms with E-state index in [-0.39, 0.29) is 43.8 Å². The van der Waals surface area contributed by atoms with E-state index in [4.69, 9.17) is 0 Å². The smallest absolute Gasteiger partial charge is 0.242 e. The Hall–Kier alpha value is -1.95. The van der Waals surface area contributed by atoms with Gasteiger partial charge in [-0.1, -0.05) is 31.9 Å². The van der Waals surface area contributed by atoms with Gasteiger partial charge in [-0.25, -0.2) is 4.39 Å². The molecule has 2 amide bonds. The number of unbranched alkanes of at least 4 members (excludes halogenated alkanes) is 2. The highest BCUT2D eigenvalue weighted by Gasteiger charge is 2.29. The summed E-state index contributed by atoms with van der Waals surface area (Å²) in [5.74, 6) is -0.675. The summed E-state index contributed by atoms with van der Waals surface area (Å²) >= 11 is 0. The Labute approximate surface area is 142 Å². The normalized spacial score (nSPS) is 18.6. The van der Waals surface area contributed by atoms with E-state index in [0.29, 0.717) is 12.0 Å². The Kier molecular flexibility index (Phi) is 6.73. The molecule has 0 bridgehead atoms. The molecule has 1 N–H and O–H groups in total. The molecule has 1 aromatic rings. The van der Waals surface area contributed by atoms with Crippen molar-refractivity contribution >= 4 is 11.8 Å². The summed E-state index contributed by atoms with van der Waals surface area (Å²) in [5.41, 5.74) is 0.665. The molecule has 1 aromatic carbocycles. The Morgan fingerprint density at radius 3 is 2.83 bits per heavy atom. The van der Waals surface area contributed by atoms with Crippen LogP contribution in [0.5, 0.6) is 0 Å². The molecule has 0 aliphatic carbocycles. The number of hydrogen-bond acceptors (Lipinski definition) is 3. The van der Waals surface area contributed by atoms with Gasteiger partial charge in [0.25, 0.3) is 0 Å². The molecule has 0 aromatic heterocycles. The first-order valence-electron chi connectivity index (χ1n) is 8.47. The van der Waals surface area contributed by atoms with E-state index in [2.05, 4.69) is 6.92 Å². The maximum atomic E-state index is 13.3. The van der Waals surface area contributed by atoms with Gasteiger partial charge in [0.15, 0.2) is 0 Å². The average Bonchev–Trinajstić information content (AvgIpc) is 2.66. The molecule has 1 saturated heterocycles. The lowest BCUT2D eigenvalue weighted by Gasteiger charge is -2.22. The molecule has 1 heterocycles. The van der Waals surface area contributed by atoms with Gasteiger partial charge in [0.1, 0.15) is 5.82 Å². The van der Waals surface area contributed by atoms with Gasteiger partial charge in [-0.3, -0.25) is 9.59 Å². The molecule has 0 radical (unpaired) electrons. The highest BCUT2D eigenvalue weighted by atomic mass is 19.1. The SMILES string of the molecule is CCCCCC(=O)N1CC(=O)N(Cc2cccc(F)c2)CC(O)C1. The zero-order chi connectivity index (χ0) is 17.5. The van der Waals surface area contributed by atoms with Crippen molar-refractivity contribution in [1.82, 2.24) is 9.80 Å². The number of carbonyl (C=O) groups is 2. The van der Waals surface area contributed by atoms with Crippen LogP contribution in [-0.4, -0.2) is 52.5 Å². The summed E-state index contributed by atoms with van der Waals surface area (Å²) in [6.07, 6.45) is 2.40. The second-order valence-corrected chi connectivity index (χ2v) is 6.29. The minimum Gasteiger partial charge on any atom is -0.389 e. The fourth-order valence-electron chi connectivity index (χ4n) is 2.88. The van der Waals surface area contributed by atoms with Crippen LogP contribution in [0.25, 0.3) is 0 Å². The monoisotopic (exact) mass is 336 g/mol. The van der Waals surface area contributed by atoms with Crippen LogP contribution in [0.15, 0.2) is 24.3 Å². The first kappa shape index (κ1) is 18.4. The van der Waals surface area contributed by atoms with Gasteiger partial charge in [-0.05, 0) is 24.1 Å². The van der Waals surface area contributed by atoms with Crippen LogP contribution >= 0.6 is 0 Å². The second kappa shape index (κ2) is 8.78. The molecule has 24 heavy (non-hydrogen) atoms. The molecule has 1 fully saturated rings. The quantitative estimate of drug-likeness (QED) is 0.808. The number of nitrogens with zero attached hydrogens (tertiary/aromatic N) is 2. The van der Waals surface area contributed by atoms with E-state index >= 15 is 0 Å². The van der Waals surface area contributed by atoms with E-state index in [1.54, 1.807) is 12.1 Å². The molecule has 132 valence electrons.